The first-order valence-electron chi connectivity index (χ1n) is 9.29. The fourth-order valence-corrected chi connectivity index (χ4v) is 3.55. The van der Waals surface area contributed by atoms with Crippen LogP contribution in [-0.4, -0.2) is 38.3 Å². The number of carbonyl (C=O) groups excluding carboxylic acids is 1. The highest BCUT2D eigenvalue weighted by atomic mass is 32.1. The Balaban J connectivity index is 1.80. The Morgan fingerprint density at radius 3 is 2.40 bits per heavy atom. The molecule has 0 fully saturated rings. The topological polar surface area (TPSA) is 78.9 Å². The number of benzene rings is 2. The van der Waals surface area contributed by atoms with Gasteiger partial charge in [-0.1, -0.05) is 0 Å². The van der Waals surface area contributed by atoms with Crippen LogP contribution in [0.1, 0.15) is 24.3 Å². The van der Waals surface area contributed by atoms with Crippen LogP contribution in [0.2, 0.25) is 0 Å². The number of methoxy groups -OCH3 is 3. The number of ether oxygens (including phenoxy) is 4. The predicted octanol–water partition coefficient (Wildman–Crippen LogP) is 4.88. The van der Waals surface area contributed by atoms with Crippen molar-refractivity contribution in [1.82, 2.24) is 4.98 Å². The van der Waals surface area contributed by atoms with Gasteiger partial charge in [-0.3, -0.25) is 4.79 Å². The van der Waals surface area contributed by atoms with Crippen LogP contribution in [0.5, 0.6) is 23.0 Å². The summed E-state index contributed by atoms with van der Waals surface area (Å²) in [4.78, 5) is 17.2. The molecule has 0 aliphatic heterocycles. The largest absolute Gasteiger partial charge is 0.497 e. The molecule has 0 radical (unpaired) electrons. The van der Waals surface area contributed by atoms with Crippen molar-refractivity contribution in [2.75, 3.05) is 26.6 Å². The molecule has 0 spiro atoms. The molecular weight excluding hydrogens is 404 g/mol. The third kappa shape index (κ3) is 4.83. The molecule has 1 aromatic heterocycles. The van der Waals surface area contributed by atoms with Crippen LogP contribution in [0, 0.1) is 0 Å². The van der Waals surface area contributed by atoms with Gasteiger partial charge in [0.1, 0.15) is 22.2 Å². The zero-order chi connectivity index (χ0) is 21.7. The van der Waals surface area contributed by atoms with Crippen molar-refractivity contribution in [2.45, 2.75) is 20.0 Å². The molecule has 3 rings (SSSR count). The lowest BCUT2D eigenvalue weighted by atomic mass is 10.2. The van der Waals surface area contributed by atoms with Gasteiger partial charge in [0.15, 0.2) is 11.5 Å². The summed E-state index contributed by atoms with van der Waals surface area (Å²) in [5.74, 6) is 2.10. The summed E-state index contributed by atoms with van der Waals surface area (Å²) in [6.07, 6.45) is 0.0369. The Morgan fingerprint density at radius 2 is 1.73 bits per heavy atom. The molecular formula is C22H24N2O5S. The first-order chi connectivity index (χ1) is 14.4. The monoisotopic (exact) mass is 428 g/mol. The molecule has 0 aliphatic rings. The van der Waals surface area contributed by atoms with E-state index in [-0.39, 0.29) is 12.0 Å². The normalized spacial score (nSPS) is 10.6. The summed E-state index contributed by atoms with van der Waals surface area (Å²) < 4.78 is 21.7. The highest BCUT2D eigenvalue weighted by Crippen LogP contribution is 2.35. The number of rotatable bonds is 8. The zero-order valence-corrected chi connectivity index (χ0v) is 18.3. The molecule has 158 valence electrons. The van der Waals surface area contributed by atoms with Crippen LogP contribution < -0.4 is 24.3 Å². The van der Waals surface area contributed by atoms with E-state index in [0.717, 1.165) is 5.56 Å². The Labute approximate surface area is 179 Å². The third-order valence-electron chi connectivity index (χ3n) is 4.17. The maximum Gasteiger partial charge on any atom is 0.275 e. The summed E-state index contributed by atoms with van der Waals surface area (Å²) in [6, 6.07) is 10.8. The summed E-state index contributed by atoms with van der Waals surface area (Å²) in [5.41, 5.74) is 1.69. The minimum absolute atomic E-state index is 0.0369. The molecule has 8 heteroatoms. The Kier molecular flexibility index (Phi) is 6.79. The summed E-state index contributed by atoms with van der Waals surface area (Å²) in [7, 11) is 4.70. The van der Waals surface area contributed by atoms with Gasteiger partial charge in [0, 0.05) is 17.0 Å². The van der Waals surface area contributed by atoms with Crippen molar-refractivity contribution < 1.29 is 23.7 Å². The molecule has 1 heterocycles. The average molecular weight is 429 g/mol. The number of aromatic nitrogens is 1. The zero-order valence-electron chi connectivity index (χ0n) is 17.5. The van der Waals surface area contributed by atoms with Crippen molar-refractivity contribution in [3.8, 4) is 33.6 Å². The van der Waals surface area contributed by atoms with Gasteiger partial charge in [0.05, 0.1) is 33.1 Å². The number of amides is 1. The van der Waals surface area contributed by atoms with E-state index in [0.29, 0.717) is 39.4 Å². The maximum absolute atomic E-state index is 12.7. The summed E-state index contributed by atoms with van der Waals surface area (Å²) in [6.45, 7) is 3.91. The molecule has 7 nitrogen and oxygen atoms in total. The van der Waals surface area contributed by atoms with Gasteiger partial charge in [0.2, 0.25) is 0 Å². The standard InChI is InChI=1S/C22H24N2O5S/c1-13(2)29-18-9-6-14(10-20(18)28-5)22-24-17(12-30-22)21(25)23-16-8-7-15(26-3)11-19(16)27-4/h6-13H,1-5H3,(H,23,25). The second kappa shape index (κ2) is 9.49. The highest BCUT2D eigenvalue weighted by molar-refractivity contribution is 7.13. The average Bonchev–Trinajstić information content (AvgIpc) is 3.24. The first kappa shape index (κ1) is 21.4. The first-order valence-corrected chi connectivity index (χ1v) is 10.2. The Morgan fingerprint density at radius 1 is 0.967 bits per heavy atom. The van der Waals surface area contributed by atoms with Crippen molar-refractivity contribution in [3.63, 3.8) is 0 Å². The number of nitrogens with zero attached hydrogens (tertiary/aromatic N) is 1. The van der Waals surface area contributed by atoms with Crippen LogP contribution in [0.4, 0.5) is 5.69 Å². The minimum atomic E-state index is -0.326. The molecule has 0 unspecified atom stereocenters. The van der Waals surface area contributed by atoms with Gasteiger partial charge in [-0.2, -0.15) is 0 Å². The number of nitrogens with one attached hydrogen (secondary N) is 1. The van der Waals surface area contributed by atoms with Gasteiger partial charge in [-0.15, -0.1) is 11.3 Å². The molecule has 0 saturated carbocycles. The quantitative estimate of drug-likeness (QED) is 0.551. The predicted molar refractivity (Wildman–Crippen MR) is 117 cm³/mol. The number of thiazole rings is 1. The summed E-state index contributed by atoms with van der Waals surface area (Å²) >= 11 is 1.38. The number of carbonyl (C=O) groups is 1. The maximum atomic E-state index is 12.7. The van der Waals surface area contributed by atoms with Crippen LogP contribution in [0.25, 0.3) is 10.6 Å². The highest BCUT2D eigenvalue weighted by Gasteiger charge is 2.16. The van der Waals surface area contributed by atoms with E-state index in [2.05, 4.69) is 10.3 Å². The fourth-order valence-electron chi connectivity index (χ4n) is 2.75. The van der Waals surface area contributed by atoms with E-state index in [9.17, 15) is 4.79 Å². The Bertz CT molecular complexity index is 1030. The second-order valence-corrected chi connectivity index (χ2v) is 7.45. The van der Waals surface area contributed by atoms with E-state index in [1.807, 2.05) is 32.0 Å². The van der Waals surface area contributed by atoms with Crippen molar-refractivity contribution in [1.29, 1.82) is 0 Å². The minimum Gasteiger partial charge on any atom is -0.497 e. The van der Waals surface area contributed by atoms with Gasteiger partial charge in [-0.05, 0) is 44.2 Å². The molecule has 0 atom stereocenters. The molecule has 0 bridgehead atoms. The van der Waals surface area contributed by atoms with Gasteiger partial charge < -0.3 is 24.3 Å². The number of anilines is 1. The van der Waals surface area contributed by atoms with Gasteiger partial charge in [0.25, 0.3) is 5.91 Å². The lowest BCUT2D eigenvalue weighted by Crippen LogP contribution is -2.13. The van der Waals surface area contributed by atoms with Gasteiger partial charge in [-0.25, -0.2) is 4.98 Å². The van der Waals surface area contributed by atoms with Crippen LogP contribution in [0.3, 0.4) is 0 Å². The van der Waals surface area contributed by atoms with Crippen molar-refractivity contribution in [2.24, 2.45) is 0 Å². The van der Waals surface area contributed by atoms with Gasteiger partial charge >= 0.3 is 0 Å². The lowest BCUT2D eigenvalue weighted by molar-refractivity contribution is 0.102. The summed E-state index contributed by atoms with van der Waals surface area (Å²) in [5, 5.41) is 5.25. The van der Waals surface area contributed by atoms with Crippen LogP contribution >= 0.6 is 11.3 Å². The SMILES string of the molecule is COc1ccc(NC(=O)c2csc(-c3ccc(OC(C)C)c(OC)c3)n2)c(OC)c1. The fraction of sp³-hybridized carbons (Fsp3) is 0.273. The molecule has 0 saturated heterocycles. The lowest BCUT2D eigenvalue weighted by Gasteiger charge is -2.14. The molecule has 0 aliphatic carbocycles. The molecule has 1 N–H and O–H groups in total. The van der Waals surface area contributed by atoms with E-state index in [1.54, 1.807) is 37.8 Å². The number of hydrogen-bond donors (Lipinski definition) is 1. The van der Waals surface area contributed by atoms with Crippen molar-refractivity contribution in [3.05, 3.63) is 47.5 Å². The molecule has 30 heavy (non-hydrogen) atoms. The van der Waals surface area contributed by atoms with Crippen LogP contribution in [0.15, 0.2) is 41.8 Å². The van der Waals surface area contributed by atoms with E-state index < -0.39 is 0 Å². The number of hydrogen-bond acceptors (Lipinski definition) is 7. The van der Waals surface area contributed by atoms with E-state index in [4.69, 9.17) is 18.9 Å². The Hall–Kier alpha value is -3.26. The third-order valence-corrected chi connectivity index (χ3v) is 5.06. The molecule has 3 aromatic rings. The van der Waals surface area contributed by atoms with E-state index in [1.165, 1.54) is 18.4 Å². The molecule has 1 amide bonds. The van der Waals surface area contributed by atoms with Crippen LogP contribution in [-0.2, 0) is 0 Å². The van der Waals surface area contributed by atoms with Crippen molar-refractivity contribution >= 4 is 22.9 Å². The molecule has 2 aromatic carbocycles. The second-order valence-electron chi connectivity index (χ2n) is 6.59. The van der Waals surface area contributed by atoms with E-state index >= 15 is 0 Å². The smallest absolute Gasteiger partial charge is 0.275 e.